The first kappa shape index (κ1) is 9.75. The Balaban J connectivity index is 2.19. The van der Waals surface area contributed by atoms with Crippen molar-refractivity contribution >= 4 is 0 Å². The van der Waals surface area contributed by atoms with Crippen molar-refractivity contribution in [2.45, 2.75) is 31.8 Å². The fraction of sp³-hybridized carbons (Fsp3) is 0.800. The standard InChI is InChI=1S/C10H18O2/c1-2-3-6-10(11)9-5-4-7-12-8-9/h2,9-11H,1,3-8H2. The Hall–Kier alpha value is -0.340. The minimum atomic E-state index is -0.191. The maximum absolute atomic E-state index is 9.68. The Bertz CT molecular complexity index is 128. The third-order valence-electron chi connectivity index (χ3n) is 2.41. The summed E-state index contributed by atoms with van der Waals surface area (Å²) in [7, 11) is 0. The van der Waals surface area contributed by atoms with Crippen molar-refractivity contribution in [2.75, 3.05) is 13.2 Å². The predicted octanol–water partition coefficient (Wildman–Crippen LogP) is 1.74. The van der Waals surface area contributed by atoms with Gasteiger partial charge >= 0.3 is 0 Å². The average Bonchev–Trinajstić information content (AvgIpc) is 2.15. The summed E-state index contributed by atoms with van der Waals surface area (Å²) in [5, 5.41) is 9.68. The summed E-state index contributed by atoms with van der Waals surface area (Å²) >= 11 is 0. The molecule has 1 fully saturated rings. The number of hydrogen-bond donors (Lipinski definition) is 1. The van der Waals surface area contributed by atoms with E-state index in [-0.39, 0.29) is 6.10 Å². The third kappa shape index (κ3) is 2.95. The van der Waals surface area contributed by atoms with E-state index in [9.17, 15) is 5.11 Å². The van der Waals surface area contributed by atoms with Crippen molar-refractivity contribution < 1.29 is 9.84 Å². The summed E-state index contributed by atoms with van der Waals surface area (Å²) in [6.07, 6.45) is 5.60. The van der Waals surface area contributed by atoms with Crippen LogP contribution in [0.4, 0.5) is 0 Å². The fourth-order valence-corrected chi connectivity index (χ4v) is 1.59. The van der Waals surface area contributed by atoms with E-state index in [4.69, 9.17) is 4.74 Å². The van der Waals surface area contributed by atoms with Crippen molar-refractivity contribution in [1.29, 1.82) is 0 Å². The molecule has 0 radical (unpaired) electrons. The average molecular weight is 170 g/mol. The molecule has 2 atom stereocenters. The van der Waals surface area contributed by atoms with E-state index in [2.05, 4.69) is 6.58 Å². The number of rotatable bonds is 4. The van der Waals surface area contributed by atoms with Crippen LogP contribution in [0.15, 0.2) is 12.7 Å². The highest BCUT2D eigenvalue weighted by Crippen LogP contribution is 2.20. The molecule has 2 heteroatoms. The molecule has 0 saturated carbocycles. The molecule has 1 rings (SSSR count). The lowest BCUT2D eigenvalue weighted by atomic mass is 9.93. The van der Waals surface area contributed by atoms with E-state index in [0.29, 0.717) is 5.92 Å². The molecule has 12 heavy (non-hydrogen) atoms. The van der Waals surface area contributed by atoms with Gasteiger partial charge in [0.1, 0.15) is 0 Å². The first-order valence-corrected chi connectivity index (χ1v) is 4.71. The van der Waals surface area contributed by atoms with Gasteiger partial charge in [-0.2, -0.15) is 0 Å². The number of aliphatic hydroxyl groups excluding tert-OH is 1. The lowest BCUT2D eigenvalue weighted by molar-refractivity contribution is -0.0114. The van der Waals surface area contributed by atoms with Gasteiger partial charge in [-0.15, -0.1) is 6.58 Å². The summed E-state index contributed by atoms with van der Waals surface area (Å²) in [6.45, 7) is 5.24. The number of aliphatic hydroxyl groups is 1. The molecule has 1 aliphatic rings. The largest absolute Gasteiger partial charge is 0.393 e. The first-order chi connectivity index (χ1) is 5.84. The zero-order valence-electron chi connectivity index (χ0n) is 7.54. The highest BCUT2D eigenvalue weighted by atomic mass is 16.5. The number of ether oxygens (including phenoxy) is 1. The summed E-state index contributed by atoms with van der Waals surface area (Å²) < 4.78 is 5.30. The molecule has 0 spiro atoms. The minimum absolute atomic E-state index is 0.191. The van der Waals surface area contributed by atoms with Crippen molar-refractivity contribution in [3.63, 3.8) is 0 Å². The Morgan fingerprint density at radius 1 is 1.67 bits per heavy atom. The van der Waals surface area contributed by atoms with Crippen LogP contribution in [0.25, 0.3) is 0 Å². The Morgan fingerprint density at radius 3 is 3.08 bits per heavy atom. The molecule has 2 unspecified atom stereocenters. The van der Waals surface area contributed by atoms with Crippen LogP contribution in [0.5, 0.6) is 0 Å². The van der Waals surface area contributed by atoms with E-state index in [1.165, 1.54) is 0 Å². The van der Waals surface area contributed by atoms with Gasteiger partial charge in [-0.25, -0.2) is 0 Å². The van der Waals surface area contributed by atoms with Crippen molar-refractivity contribution in [1.82, 2.24) is 0 Å². The van der Waals surface area contributed by atoms with Gasteiger partial charge in [-0.05, 0) is 25.7 Å². The van der Waals surface area contributed by atoms with Gasteiger partial charge in [0.25, 0.3) is 0 Å². The fourth-order valence-electron chi connectivity index (χ4n) is 1.59. The second-order valence-electron chi connectivity index (χ2n) is 3.41. The Labute approximate surface area is 74.2 Å². The van der Waals surface area contributed by atoms with Gasteiger partial charge in [-0.3, -0.25) is 0 Å². The predicted molar refractivity (Wildman–Crippen MR) is 49.0 cm³/mol. The van der Waals surface area contributed by atoms with Crippen LogP contribution in [0.2, 0.25) is 0 Å². The second kappa shape index (κ2) is 5.33. The van der Waals surface area contributed by atoms with Gasteiger partial charge in [0.15, 0.2) is 0 Å². The molecular weight excluding hydrogens is 152 g/mol. The van der Waals surface area contributed by atoms with Gasteiger partial charge in [0.2, 0.25) is 0 Å². The SMILES string of the molecule is C=CCCC(O)C1CCCOC1. The minimum Gasteiger partial charge on any atom is -0.393 e. The van der Waals surface area contributed by atoms with Crippen molar-refractivity contribution in [3.8, 4) is 0 Å². The van der Waals surface area contributed by atoms with Crippen molar-refractivity contribution in [2.24, 2.45) is 5.92 Å². The molecule has 0 aliphatic carbocycles. The zero-order chi connectivity index (χ0) is 8.81. The summed E-state index contributed by atoms with van der Waals surface area (Å²) in [5.41, 5.74) is 0. The highest BCUT2D eigenvalue weighted by molar-refractivity contribution is 4.75. The molecule has 0 amide bonds. The van der Waals surface area contributed by atoms with E-state index < -0.39 is 0 Å². The van der Waals surface area contributed by atoms with Crippen LogP contribution in [-0.2, 0) is 4.74 Å². The molecular formula is C10H18O2. The highest BCUT2D eigenvalue weighted by Gasteiger charge is 2.21. The molecule has 0 aromatic carbocycles. The van der Waals surface area contributed by atoms with Crippen LogP contribution >= 0.6 is 0 Å². The van der Waals surface area contributed by atoms with E-state index in [1.807, 2.05) is 6.08 Å². The van der Waals surface area contributed by atoms with Gasteiger partial charge in [0.05, 0.1) is 12.7 Å². The molecule has 1 aliphatic heterocycles. The molecule has 70 valence electrons. The molecule has 1 N–H and O–H groups in total. The van der Waals surface area contributed by atoms with Crippen molar-refractivity contribution in [3.05, 3.63) is 12.7 Å². The molecule has 1 heterocycles. The second-order valence-corrected chi connectivity index (χ2v) is 3.41. The van der Waals surface area contributed by atoms with Gasteiger partial charge in [-0.1, -0.05) is 6.08 Å². The maximum Gasteiger partial charge on any atom is 0.0593 e. The quantitative estimate of drug-likeness (QED) is 0.651. The summed E-state index contributed by atoms with van der Waals surface area (Å²) in [4.78, 5) is 0. The molecule has 0 bridgehead atoms. The third-order valence-corrected chi connectivity index (χ3v) is 2.41. The van der Waals surface area contributed by atoms with E-state index >= 15 is 0 Å². The topological polar surface area (TPSA) is 29.5 Å². The smallest absolute Gasteiger partial charge is 0.0593 e. The molecule has 0 aromatic rings. The lowest BCUT2D eigenvalue weighted by Gasteiger charge is -2.26. The van der Waals surface area contributed by atoms with E-state index in [0.717, 1.165) is 38.9 Å². The van der Waals surface area contributed by atoms with Crippen LogP contribution in [0.3, 0.4) is 0 Å². The maximum atomic E-state index is 9.68. The van der Waals surface area contributed by atoms with Gasteiger partial charge in [0, 0.05) is 12.5 Å². The normalized spacial score (nSPS) is 26.6. The van der Waals surface area contributed by atoms with Crippen LogP contribution in [0.1, 0.15) is 25.7 Å². The molecule has 0 aromatic heterocycles. The first-order valence-electron chi connectivity index (χ1n) is 4.71. The zero-order valence-corrected chi connectivity index (χ0v) is 7.54. The molecule has 2 nitrogen and oxygen atoms in total. The van der Waals surface area contributed by atoms with E-state index in [1.54, 1.807) is 0 Å². The summed E-state index contributed by atoms with van der Waals surface area (Å²) in [5.74, 6) is 0.360. The number of hydrogen-bond acceptors (Lipinski definition) is 2. The monoisotopic (exact) mass is 170 g/mol. The Morgan fingerprint density at radius 2 is 2.50 bits per heavy atom. The van der Waals surface area contributed by atoms with Crippen LogP contribution < -0.4 is 0 Å². The van der Waals surface area contributed by atoms with Crippen LogP contribution in [-0.4, -0.2) is 24.4 Å². The lowest BCUT2D eigenvalue weighted by Crippen LogP contribution is -2.28. The van der Waals surface area contributed by atoms with Crippen LogP contribution in [0, 0.1) is 5.92 Å². The van der Waals surface area contributed by atoms with Gasteiger partial charge < -0.3 is 9.84 Å². The summed E-state index contributed by atoms with van der Waals surface area (Å²) in [6, 6.07) is 0. The molecule has 1 saturated heterocycles. The Kier molecular flexibility index (Phi) is 4.33. The number of allylic oxidation sites excluding steroid dienone is 1.